The van der Waals surface area contributed by atoms with E-state index in [1.807, 2.05) is 0 Å². The molecule has 0 aliphatic heterocycles. The maximum absolute atomic E-state index is 11.8. The number of imide groups is 1. The lowest BCUT2D eigenvalue weighted by Crippen LogP contribution is -2.33. The molecular formula is C16H12N2O5S. The predicted molar refractivity (Wildman–Crippen MR) is 85.5 cm³/mol. The van der Waals surface area contributed by atoms with E-state index in [2.05, 4.69) is 10.5 Å². The first-order valence-corrected chi connectivity index (χ1v) is 7.88. The van der Waals surface area contributed by atoms with Crippen LogP contribution < -0.4 is 5.32 Å². The smallest absolute Gasteiger partial charge is 0.312 e. The third-order valence-corrected chi connectivity index (χ3v) is 3.99. The van der Waals surface area contributed by atoms with Crippen LogP contribution in [0, 0.1) is 0 Å². The van der Waals surface area contributed by atoms with Gasteiger partial charge in [0.1, 0.15) is 5.69 Å². The molecule has 24 heavy (non-hydrogen) atoms. The van der Waals surface area contributed by atoms with E-state index in [1.165, 1.54) is 11.3 Å². The van der Waals surface area contributed by atoms with E-state index in [1.54, 1.807) is 41.8 Å². The highest BCUT2D eigenvalue weighted by atomic mass is 32.1. The summed E-state index contributed by atoms with van der Waals surface area (Å²) in [6.07, 6.45) is -0.122. The number of amides is 2. The molecule has 2 heterocycles. The van der Waals surface area contributed by atoms with Crippen molar-refractivity contribution < 1.29 is 23.6 Å². The molecule has 0 bridgehead atoms. The molecule has 0 aliphatic rings. The number of rotatable bonds is 5. The van der Waals surface area contributed by atoms with Gasteiger partial charge in [-0.2, -0.15) is 0 Å². The van der Waals surface area contributed by atoms with Crippen molar-refractivity contribution in [3.63, 3.8) is 0 Å². The second kappa shape index (κ2) is 7.05. The Kier molecular flexibility index (Phi) is 4.66. The lowest BCUT2D eigenvalue weighted by Gasteiger charge is -2.04. The van der Waals surface area contributed by atoms with Crippen molar-refractivity contribution in [2.75, 3.05) is 6.61 Å². The van der Waals surface area contributed by atoms with Gasteiger partial charge in [0, 0.05) is 5.39 Å². The van der Waals surface area contributed by atoms with E-state index < -0.39 is 24.4 Å². The first-order valence-electron chi connectivity index (χ1n) is 7.00. The zero-order valence-electron chi connectivity index (χ0n) is 12.4. The Hall–Kier alpha value is -3.00. The fraction of sp³-hybridized carbons (Fsp3) is 0.125. The molecular weight excluding hydrogens is 332 g/mol. The molecule has 2 aromatic heterocycles. The first kappa shape index (κ1) is 15.9. The van der Waals surface area contributed by atoms with Crippen molar-refractivity contribution in [1.29, 1.82) is 0 Å². The van der Waals surface area contributed by atoms with E-state index >= 15 is 0 Å². The molecule has 3 aromatic rings. The van der Waals surface area contributed by atoms with Gasteiger partial charge in [-0.05, 0) is 23.6 Å². The number of carbonyl (C=O) groups excluding carboxylic acids is 3. The van der Waals surface area contributed by atoms with Crippen molar-refractivity contribution in [1.82, 2.24) is 10.5 Å². The molecule has 1 aromatic carbocycles. The molecule has 0 spiro atoms. The van der Waals surface area contributed by atoms with Crippen molar-refractivity contribution in [2.24, 2.45) is 0 Å². The van der Waals surface area contributed by atoms with Gasteiger partial charge >= 0.3 is 5.97 Å². The van der Waals surface area contributed by atoms with Gasteiger partial charge in [-0.3, -0.25) is 19.7 Å². The number of ether oxygens (including phenoxy) is 1. The van der Waals surface area contributed by atoms with Gasteiger partial charge in [-0.1, -0.05) is 23.4 Å². The van der Waals surface area contributed by atoms with Crippen LogP contribution in [0.2, 0.25) is 0 Å². The summed E-state index contributed by atoms with van der Waals surface area (Å²) in [5.74, 6) is -1.84. The largest absolute Gasteiger partial charge is 0.455 e. The predicted octanol–water partition coefficient (Wildman–Crippen LogP) is 1.93. The number of nitrogens with one attached hydrogen (secondary N) is 1. The molecule has 0 unspecified atom stereocenters. The summed E-state index contributed by atoms with van der Waals surface area (Å²) in [6.45, 7) is -0.536. The van der Waals surface area contributed by atoms with Crippen molar-refractivity contribution in [3.8, 4) is 0 Å². The molecule has 3 rings (SSSR count). The Morgan fingerprint density at radius 3 is 2.79 bits per heavy atom. The van der Waals surface area contributed by atoms with Crippen molar-refractivity contribution in [3.05, 3.63) is 52.3 Å². The lowest BCUT2D eigenvalue weighted by atomic mass is 10.2. The molecule has 0 saturated carbocycles. The van der Waals surface area contributed by atoms with E-state index in [0.29, 0.717) is 21.5 Å². The molecule has 0 radical (unpaired) electrons. The third kappa shape index (κ3) is 3.66. The molecule has 1 N–H and O–H groups in total. The summed E-state index contributed by atoms with van der Waals surface area (Å²) in [5.41, 5.74) is 1.00. The molecule has 8 heteroatoms. The molecule has 0 atom stereocenters. The van der Waals surface area contributed by atoms with Crippen LogP contribution in [-0.4, -0.2) is 29.5 Å². The fourth-order valence-electron chi connectivity index (χ4n) is 2.03. The van der Waals surface area contributed by atoms with Gasteiger partial charge in [-0.15, -0.1) is 11.3 Å². The van der Waals surface area contributed by atoms with Gasteiger partial charge < -0.3 is 9.26 Å². The summed E-state index contributed by atoms with van der Waals surface area (Å²) in [4.78, 5) is 35.5. The van der Waals surface area contributed by atoms with Crippen molar-refractivity contribution >= 4 is 40.1 Å². The number of esters is 1. The van der Waals surface area contributed by atoms with Crippen LogP contribution in [0.1, 0.15) is 15.4 Å². The normalized spacial score (nSPS) is 10.5. The number of hydrogen-bond acceptors (Lipinski definition) is 7. The van der Waals surface area contributed by atoms with Crippen LogP contribution in [0.5, 0.6) is 0 Å². The minimum Gasteiger partial charge on any atom is -0.455 e. The Morgan fingerprint density at radius 1 is 1.17 bits per heavy atom. The monoisotopic (exact) mass is 344 g/mol. The zero-order valence-corrected chi connectivity index (χ0v) is 13.2. The standard InChI is InChI=1S/C16H12N2O5S/c19-14(17-16(21)13-6-3-7-24-13)9-22-15(20)8-11-10-4-1-2-5-12(10)23-18-11/h1-7H,8-9H2,(H,17,19,21). The second-order valence-electron chi connectivity index (χ2n) is 4.82. The Morgan fingerprint density at radius 2 is 2.00 bits per heavy atom. The maximum Gasteiger partial charge on any atom is 0.312 e. The second-order valence-corrected chi connectivity index (χ2v) is 5.77. The van der Waals surface area contributed by atoms with E-state index in [4.69, 9.17) is 9.26 Å². The number of fused-ring (bicyclic) bond motifs is 1. The summed E-state index contributed by atoms with van der Waals surface area (Å²) in [5, 5.41) is 8.40. The van der Waals surface area contributed by atoms with Crippen LogP contribution in [0.25, 0.3) is 11.0 Å². The molecule has 7 nitrogen and oxygen atoms in total. The number of carbonyl (C=O) groups is 3. The van der Waals surface area contributed by atoms with Crippen LogP contribution in [0.15, 0.2) is 46.3 Å². The Bertz CT molecular complexity index is 885. The average molecular weight is 344 g/mol. The third-order valence-electron chi connectivity index (χ3n) is 3.13. The zero-order chi connectivity index (χ0) is 16.9. The number of thiophene rings is 1. The molecule has 0 aliphatic carbocycles. The average Bonchev–Trinajstić information content (AvgIpc) is 3.23. The van der Waals surface area contributed by atoms with Crippen LogP contribution in [-0.2, 0) is 20.7 Å². The van der Waals surface area contributed by atoms with Gasteiger partial charge in [0.05, 0.1) is 11.3 Å². The Labute approximate surface area is 140 Å². The number of benzene rings is 1. The maximum atomic E-state index is 11.8. The highest BCUT2D eigenvalue weighted by Gasteiger charge is 2.16. The van der Waals surface area contributed by atoms with Gasteiger partial charge in [0.15, 0.2) is 12.2 Å². The highest BCUT2D eigenvalue weighted by molar-refractivity contribution is 7.12. The van der Waals surface area contributed by atoms with Crippen LogP contribution >= 0.6 is 11.3 Å². The van der Waals surface area contributed by atoms with Gasteiger partial charge in [-0.25, -0.2) is 0 Å². The minimum atomic E-state index is -0.688. The summed E-state index contributed by atoms with van der Waals surface area (Å²) >= 11 is 1.21. The van der Waals surface area contributed by atoms with E-state index in [0.717, 1.165) is 0 Å². The fourth-order valence-corrected chi connectivity index (χ4v) is 2.65. The van der Waals surface area contributed by atoms with E-state index in [-0.39, 0.29) is 6.42 Å². The van der Waals surface area contributed by atoms with Crippen molar-refractivity contribution in [2.45, 2.75) is 6.42 Å². The van der Waals surface area contributed by atoms with Crippen LogP contribution in [0.3, 0.4) is 0 Å². The first-order chi connectivity index (χ1) is 11.6. The number of para-hydroxylation sites is 1. The topological polar surface area (TPSA) is 98.5 Å². The molecule has 0 saturated heterocycles. The van der Waals surface area contributed by atoms with E-state index in [9.17, 15) is 14.4 Å². The van der Waals surface area contributed by atoms with Gasteiger partial charge in [0.2, 0.25) is 0 Å². The summed E-state index contributed by atoms with van der Waals surface area (Å²) < 4.78 is 9.95. The molecule has 122 valence electrons. The molecule has 2 amide bonds. The number of nitrogens with zero attached hydrogens (tertiary/aromatic N) is 1. The molecule has 0 fully saturated rings. The SMILES string of the molecule is O=C(COC(=O)Cc1noc2ccccc12)NC(=O)c1cccs1. The highest BCUT2D eigenvalue weighted by Crippen LogP contribution is 2.18. The summed E-state index contributed by atoms with van der Waals surface area (Å²) in [6, 6.07) is 10.4. The van der Waals surface area contributed by atoms with Crippen LogP contribution in [0.4, 0.5) is 0 Å². The number of aromatic nitrogens is 1. The van der Waals surface area contributed by atoms with Gasteiger partial charge in [0.25, 0.3) is 11.8 Å². The lowest BCUT2D eigenvalue weighted by molar-refractivity contribution is -0.147. The Balaban J connectivity index is 1.50. The quantitative estimate of drug-likeness (QED) is 0.710. The number of hydrogen-bond donors (Lipinski definition) is 1. The summed E-state index contributed by atoms with van der Waals surface area (Å²) in [7, 11) is 0. The minimum absolute atomic E-state index is 0.122.